The summed E-state index contributed by atoms with van der Waals surface area (Å²) in [6.45, 7) is 0. The number of hydrogen-bond acceptors (Lipinski definition) is 4. The number of nitrogens with one attached hydrogen (secondary N) is 2. The van der Waals surface area contributed by atoms with Crippen LogP contribution in [0.25, 0.3) is 0 Å². The van der Waals surface area contributed by atoms with Gasteiger partial charge in [-0.25, -0.2) is 0 Å². The summed E-state index contributed by atoms with van der Waals surface area (Å²) in [5.41, 5.74) is 0. The molecule has 7 nitrogen and oxygen atoms in total. The number of carbonyl (C=O) groups is 4. The van der Waals surface area contributed by atoms with E-state index in [1.165, 1.54) is 11.3 Å². The average Bonchev–Trinajstić information content (AvgIpc) is 3.06. The van der Waals surface area contributed by atoms with Crippen molar-refractivity contribution in [1.82, 2.24) is 15.5 Å². The molecule has 3 aliphatic carbocycles. The van der Waals surface area contributed by atoms with Gasteiger partial charge in [0.05, 0.1) is 0 Å². The van der Waals surface area contributed by atoms with Crippen molar-refractivity contribution in [2.45, 2.75) is 120 Å². The molecule has 0 spiro atoms. The maximum absolute atomic E-state index is 13.4. The van der Waals surface area contributed by atoms with E-state index in [0.29, 0.717) is 0 Å². The highest BCUT2D eigenvalue weighted by molar-refractivity contribution is 6.44. The second kappa shape index (κ2) is 10.1. The summed E-state index contributed by atoms with van der Waals surface area (Å²) in [5.74, 6) is -3.32. The fraction of sp³-hybridized carbons (Fsp3) is 0.833. The molecule has 4 rings (SSSR count). The Hall–Kier alpha value is -1.92. The number of ketones is 1. The second-order valence-corrected chi connectivity index (χ2v) is 9.98. The summed E-state index contributed by atoms with van der Waals surface area (Å²) in [6, 6.07) is -1.02. The van der Waals surface area contributed by atoms with E-state index in [-0.39, 0.29) is 24.0 Å². The first-order chi connectivity index (χ1) is 15.1. The topological polar surface area (TPSA) is 95.6 Å². The maximum atomic E-state index is 13.4. The van der Waals surface area contributed by atoms with Crippen molar-refractivity contribution in [3.8, 4) is 0 Å². The lowest BCUT2D eigenvalue weighted by molar-refractivity contribution is -0.144. The summed E-state index contributed by atoms with van der Waals surface area (Å²) >= 11 is 0. The summed E-state index contributed by atoms with van der Waals surface area (Å²) in [5, 5.41) is 6.10. The Bertz CT molecular complexity index is 691. The predicted octanol–water partition coefficient (Wildman–Crippen LogP) is 2.61. The number of Topliss-reactive ketones (excluding diaryl/α,β-unsaturated/α-hetero) is 1. The first-order valence-electron chi connectivity index (χ1n) is 12.5. The van der Waals surface area contributed by atoms with Gasteiger partial charge in [0.1, 0.15) is 12.0 Å². The molecule has 1 aliphatic heterocycles. The van der Waals surface area contributed by atoms with Crippen LogP contribution in [-0.2, 0) is 19.2 Å². The molecule has 0 aromatic heterocycles. The van der Waals surface area contributed by atoms with Crippen LogP contribution < -0.4 is 10.6 Å². The van der Waals surface area contributed by atoms with Gasteiger partial charge in [-0.15, -0.1) is 0 Å². The van der Waals surface area contributed by atoms with Gasteiger partial charge in [0.2, 0.25) is 17.6 Å². The Morgan fingerprint density at radius 3 is 1.61 bits per heavy atom. The van der Waals surface area contributed by atoms with Gasteiger partial charge in [0.25, 0.3) is 5.91 Å². The number of nitrogens with zero attached hydrogens (tertiary/aromatic N) is 1. The molecular formula is C24H37N3O4. The molecule has 3 saturated carbocycles. The Balaban J connectivity index is 1.55. The standard InChI is InChI=1S/C24H37N3O4/c28-21-19(22(29)25-16-10-4-1-5-11-16)20(23(30)26-17-12-6-2-7-13-17)27(24(21)31)18-14-8-3-9-15-18/h16-20H,1-15H2,(H,25,29)(H,26,30)/t19-,20-/m0/s1. The lowest BCUT2D eigenvalue weighted by Gasteiger charge is -2.36. The molecule has 4 aliphatic rings. The monoisotopic (exact) mass is 431 g/mol. The minimum atomic E-state index is -1.22. The number of likely N-dealkylation sites (tertiary alicyclic amines) is 1. The first-order valence-corrected chi connectivity index (χ1v) is 12.5. The lowest BCUT2D eigenvalue weighted by Crippen LogP contribution is -2.56. The summed E-state index contributed by atoms with van der Waals surface area (Å²) in [6.07, 6.45) is 14.9. The van der Waals surface area contributed by atoms with Gasteiger partial charge >= 0.3 is 0 Å². The van der Waals surface area contributed by atoms with Crippen molar-refractivity contribution < 1.29 is 19.2 Å². The predicted molar refractivity (Wildman–Crippen MR) is 116 cm³/mol. The Kier molecular flexibility index (Phi) is 7.28. The third kappa shape index (κ3) is 4.96. The Labute approximate surface area is 185 Å². The van der Waals surface area contributed by atoms with Gasteiger partial charge < -0.3 is 15.5 Å². The van der Waals surface area contributed by atoms with Gasteiger partial charge in [0, 0.05) is 18.1 Å². The van der Waals surface area contributed by atoms with Crippen LogP contribution >= 0.6 is 0 Å². The summed E-state index contributed by atoms with van der Waals surface area (Å²) in [4.78, 5) is 54.2. The van der Waals surface area contributed by atoms with Crippen LogP contribution in [0.1, 0.15) is 96.3 Å². The largest absolute Gasteiger partial charge is 0.353 e. The Morgan fingerprint density at radius 2 is 1.10 bits per heavy atom. The van der Waals surface area contributed by atoms with Crippen LogP contribution in [0.5, 0.6) is 0 Å². The highest BCUT2D eigenvalue weighted by Crippen LogP contribution is 2.33. The molecule has 31 heavy (non-hydrogen) atoms. The van der Waals surface area contributed by atoms with Crippen LogP contribution in [0.2, 0.25) is 0 Å². The first kappa shape index (κ1) is 22.3. The highest BCUT2D eigenvalue weighted by atomic mass is 16.2. The summed E-state index contributed by atoms with van der Waals surface area (Å²) < 4.78 is 0. The molecule has 0 unspecified atom stereocenters. The smallest absolute Gasteiger partial charge is 0.291 e. The molecule has 1 saturated heterocycles. The minimum Gasteiger partial charge on any atom is -0.353 e. The van der Waals surface area contributed by atoms with Gasteiger partial charge in [-0.3, -0.25) is 19.2 Å². The van der Waals surface area contributed by atoms with Crippen molar-refractivity contribution in [2.24, 2.45) is 5.92 Å². The molecule has 0 radical (unpaired) electrons. The molecule has 4 fully saturated rings. The number of carbonyl (C=O) groups excluding carboxylic acids is 4. The average molecular weight is 432 g/mol. The van der Waals surface area contributed by atoms with Crippen LogP contribution in [-0.4, -0.2) is 52.6 Å². The van der Waals surface area contributed by atoms with E-state index < -0.39 is 29.6 Å². The van der Waals surface area contributed by atoms with E-state index in [4.69, 9.17) is 0 Å². The molecule has 0 aromatic rings. The molecule has 172 valence electrons. The minimum absolute atomic E-state index is 0.0370. The third-order valence-electron chi connectivity index (χ3n) is 7.77. The van der Waals surface area contributed by atoms with Gasteiger partial charge in [0.15, 0.2) is 0 Å². The van der Waals surface area contributed by atoms with E-state index in [2.05, 4.69) is 10.6 Å². The van der Waals surface area contributed by atoms with Crippen LogP contribution in [0, 0.1) is 5.92 Å². The van der Waals surface area contributed by atoms with E-state index in [1.807, 2.05) is 0 Å². The van der Waals surface area contributed by atoms with Crippen molar-refractivity contribution in [3.05, 3.63) is 0 Å². The quantitative estimate of drug-likeness (QED) is 0.517. The number of rotatable bonds is 5. The van der Waals surface area contributed by atoms with E-state index in [0.717, 1.165) is 89.9 Å². The van der Waals surface area contributed by atoms with Crippen molar-refractivity contribution in [3.63, 3.8) is 0 Å². The van der Waals surface area contributed by atoms with Gasteiger partial charge in [-0.05, 0) is 38.5 Å². The fourth-order valence-electron chi connectivity index (χ4n) is 6.05. The number of hydrogen-bond donors (Lipinski definition) is 2. The molecule has 1 heterocycles. The zero-order valence-corrected chi connectivity index (χ0v) is 18.6. The number of amides is 3. The van der Waals surface area contributed by atoms with Crippen LogP contribution in [0.3, 0.4) is 0 Å². The van der Waals surface area contributed by atoms with E-state index in [9.17, 15) is 19.2 Å². The molecular weight excluding hydrogens is 394 g/mol. The Morgan fingerprint density at radius 1 is 0.645 bits per heavy atom. The molecule has 7 heteroatoms. The maximum Gasteiger partial charge on any atom is 0.291 e. The molecule has 0 bridgehead atoms. The fourth-order valence-corrected chi connectivity index (χ4v) is 6.05. The van der Waals surface area contributed by atoms with Crippen LogP contribution in [0.15, 0.2) is 0 Å². The third-order valence-corrected chi connectivity index (χ3v) is 7.77. The molecule has 3 amide bonds. The molecule has 2 N–H and O–H groups in total. The zero-order chi connectivity index (χ0) is 21.8. The van der Waals surface area contributed by atoms with E-state index in [1.54, 1.807) is 0 Å². The second-order valence-electron chi connectivity index (χ2n) is 9.98. The van der Waals surface area contributed by atoms with Gasteiger partial charge in [-0.2, -0.15) is 0 Å². The highest BCUT2D eigenvalue weighted by Gasteiger charge is 2.56. The van der Waals surface area contributed by atoms with Gasteiger partial charge in [-0.1, -0.05) is 57.8 Å². The zero-order valence-electron chi connectivity index (χ0n) is 18.6. The van der Waals surface area contributed by atoms with Crippen molar-refractivity contribution in [2.75, 3.05) is 0 Å². The summed E-state index contributed by atoms with van der Waals surface area (Å²) in [7, 11) is 0. The van der Waals surface area contributed by atoms with Crippen molar-refractivity contribution in [1.29, 1.82) is 0 Å². The lowest BCUT2D eigenvalue weighted by atomic mass is 9.90. The van der Waals surface area contributed by atoms with E-state index >= 15 is 0 Å². The van der Waals surface area contributed by atoms with Crippen molar-refractivity contribution >= 4 is 23.5 Å². The van der Waals surface area contributed by atoms with Crippen LogP contribution in [0.4, 0.5) is 0 Å². The SMILES string of the molecule is O=C(NC1CCCCC1)[C@@H]1C(=O)C(=O)N(C2CCCCC2)[C@@H]1C(=O)NC1CCCCC1. The molecule has 0 aromatic carbocycles. The normalized spacial score (nSPS) is 29.2. The molecule has 2 atom stereocenters.